The van der Waals surface area contributed by atoms with Crippen LogP contribution in [0.1, 0.15) is 6.42 Å². The summed E-state index contributed by atoms with van der Waals surface area (Å²) in [5.74, 6) is 1.49. The molecule has 0 bridgehead atoms. The highest BCUT2D eigenvalue weighted by Crippen LogP contribution is 2.34. The van der Waals surface area contributed by atoms with Crippen LogP contribution < -0.4 is 14.8 Å². The summed E-state index contributed by atoms with van der Waals surface area (Å²) in [6.07, 6.45) is 0.893. The third kappa shape index (κ3) is 2.86. The lowest BCUT2D eigenvalue weighted by Gasteiger charge is -2.21. The summed E-state index contributed by atoms with van der Waals surface area (Å²) in [7, 11) is -1.57. The summed E-state index contributed by atoms with van der Waals surface area (Å²) in [5, 5.41) is 3.10. The molecule has 1 fully saturated rings. The number of fused-ring (bicyclic) bond motifs is 1. The Kier molecular flexibility index (Phi) is 4.05. The SMILES string of the molecule is CNCC1CCN(S(=O)(=O)c2ccc3c(c2)OCCO3)C1. The summed E-state index contributed by atoms with van der Waals surface area (Å²) >= 11 is 0. The number of sulfonamides is 1. The summed E-state index contributed by atoms with van der Waals surface area (Å²) in [5.41, 5.74) is 0. The summed E-state index contributed by atoms with van der Waals surface area (Å²) in [6.45, 7) is 2.93. The Morgan fingerprint density at radius 2 is 2.05 bits per heavy atom. The maximum absolute atomic E-state index is 12.7. The first-order valence-electron chi connectivity index (χ1n) is 7.15. The monoisotopic (exact) mass is 312 g/mol. The zero-order valence-electron chi connectivity index (χ0n) is 12.0. The number of hydrogen-bond donors (Lipinski definition) is 1. The molecule has 2 heterocycles. The minimum atomic E-state index is -3.45. The van der Waals surface area contributed by atoms with Gasteiger partial charge >= 0.3 is 0 Å². The zero-order chi connectivity index (χ0) is 14.9. The largest absolute Gasteiger partial charge is 0.486 e. The van der Waals surface area contributed by atoms with Crippen LogP contribution >= 0.6 is 0 Å². The van der Waals surface area contributed by atoms with E-state index in [2.05, 4.69) is 5.32 Å². The van der Waals surface area contributed by atoms with Crippen molar-refractivity contribution in [2.24, 2.45) is 5.92 Å². The Hall–Kier alpha value is -1.31. The standard InChI is InChI=1S/C14H20N2O4S/c1-15-9-11-4-5-16(10-11)21(17,18)12-2-3-13-14(8-12)20-7-6-19-13/h2-3,8,11,15H,4-7,9-10H2,1H3. The van der Waals surface area contributed by atoms with Crippen molar-refractivity contribution in [3.8, 4) is 11.5 Å². The second-order valence-corrected chi connectivity index (χ2v) is 7.32. The average molecular weight is 312 g/mol. The van der Waals surface area contributed by atoms with Crippen LogP contribution in [-0.4, -0.2) is 52.6 Å². The van der Waals surface area contributed by atoms with Crippen LogP contribution in [0.15, 0.2) is 23.1 Å². The van der Waals surface area contributed by atoms with Gasteiger partial charge in [0.15, 0.2) is 11.5 Å². The number of rotatable bonds is 4. The molecule has 116 valence electrons. The van der Waals surface area contributed by atoms with Crippen molar-refractivity contribution in [2.75, 3.05) is 39.9 Å². The number of nitrogens with zero attached hydrogens (tertiary/aromatic N) is 1. The van der Waals surface area contributed by atoms with Crippen molar-refractivity contribution in [1.82, 2.24) is 9.62 Å². The molecular weight excluding hydrogens is 292 g/mol. The van der Waals surface area contributed by atoms with Gasteiger partial charge in [0.2, 0.25) is 10.0 Å². The van der Waals surface area contributed by atoms with Crippen LogP contribution in [0, 0.1) is 5.92 Å². The highest BCUT2D eigenvalue weighted by Gasteiger charge is 2.32. The fourth-order valence-electron chi connectivity index (χ4n) is 2.80. The first-order valence-corrected chi connectivity index (χ1v) is 8.59. The predicted octanol–water partition coefficient (Wildman–Crippen LogP) is 0.688. The van der Waals surface area contributed by atoms with E-state index in [0.717, 1.165) is 13.0 Å². The van der Waals surface area contributed by atoms with Crippen molar-refractivity contribution in [3.05, 3.63) is 18.2 Å². The van der Waals surface area contributed by atoms with E-state index in [9.17, 15) is 8.42 Å². The quantitative estimate of drug-likeness (QED) is 0.886. The Morgan fingerprint density at radius 1 is 1.29 bits per heavy atom. The second-order valence-electron chi connectivity index (χ2n) is 5.38. The van der Waals surface area contributed by atoms with Crippen molar-refractivity contribution in [1.29, 1.82) is 0 Å². The molecule has 0 aromatic heterocycles. The van der Waals surface area contributed by atoms with E-state index in [1.54, 1.807) is 22.5 Å². The normalized spacial score (nSPS) is 22.4. The molecule has 1 saturated heterocycles. The van der Waals surface area contributed by atoms with Crippen molar-refractivity contribution in [3.63, 3.8) is 0 Å². The van der Waals surface area contributed by atoms with E-state index >= 15 is 0 Å². The molecule has 1 aromatic rings. The van der Waals surface area contributed by atoms with Gasteiger partial charge in [-0.3, -0.25) is 0 Å². The molecule has 0 amide bonds. The van der Waals surface area contributed by atoms with Crippen LogP contribution in [0.2, 0.25) is 0 Å². The Balaban J connectivity index is 1.82. The molecule has 3 rings (SSSR count). The highest BCUT2D eigenvalue weighted by atomic mass is 32.2. The molecule has 2 aliphatic heterocycles. The fourth-order valence-corrected chi connectivity index (χ4v) is 4.35. The predicted molar refractivity (Wildman–Crippen MR) is 78.2 cm³/mol. The van der Waals surface area contributed by atoms with Crippen LogP contribution in [0.5, 0.6) is 11.5 Å². The fraction of sp³-hybridized carbons (Fsp3) is 0.571. The molecule has 0 saturated carbocycles. The smallest absolute Gasteiger partial charge is 0.243 e. The van der Waals surface area contributed by atoms with E-state index in [4.69, 9.17) is 9.47 Å². The van der Waals surface area contributed by atoms with Crippen LogP contribution in [-0.2, 0) is 10.0 Å². The maximum atomic E-state index is 12.7. The third-order valence-corrected chi connectivity index (χ3v) is 5.75. The minimum Gasteiger partial charge on any atom is -0.486 e. The molecule has 0 spiro atoms. The molecule has 1 unspecified atom stereocenters. The van der Waals surface area contributed by atoms with Crippen molar-refractivity contribution >= 4 is 10.0 Å². The molecule has 7 heteroatoms. The molecule has 0 radical (unpaired) electrons. The van der Waals surface area contributed by atoms with Gasteiger partial charge in [-0.1, -0.05) is 0 Å². The number of hydrogen-bond acceptors (Lipinski definition) is 5. The van der Waals surface area contributed by atoms with Gasteiger partial charge in [0.1, 0.15) is 13.2 Å². The van der Waals surface area contributed by atoms with Crippen LogP contribution in [0.25, 0.3) is 0 Å². The van der Waals surface area contributed by atoms with E-state index in [0.29, 0.717) is 43.7 Å². The maximum Gasteiger partial charge on any atom is 0.243 e. The molecule has 1 atom stereocenters. The van der Waals surface area contributed by atoms with Gasteiger partial charge in [-0.15, -0.1) is 0 Å². The molecule has 6 nitrogen and oxygen atoms in total. The third-order valence-electron chi connectivity index (χ3n) is 3.89. The summed E-state index contributed by atoms with van der Waals surface area (Å²) < 4.78 is 37.8. The Bertz CT molecular complexity index is 617. The first kappa shape index (κ1) is 14.6. The van der Waals surface area contributed by atoms with Crippen LogP contribution in [0.3, 0.4) is 0 Å². The van der Waals surface area contributed by atoms with Gasteiger partial charge in [0, 0.05) is 19.2 Å². The second kappa shape index (κ2) is 5.82. The van der Waals surface area contributed by atoms with Gasteiger partial charge in [-0.05, 0) is 38.1 Å². The Labute approximate surface area is 125 Å². The summed E-state index contributed by atoms with van der Waals surface area (Å²) in [4.78, 5) is 0.275. The molecule has 21 heavy (non-hydrogen) atoms. The summed E-state index contributed by atoms with van der Waals surface area (Å²) in [6, 6.07) is 4.83. The molecular formula is C14H20N2O4S. The van der Waals surface area contributed by atoms with E-state index < -0.39 is 10.0 Å². The lowest BCUT2D eigenvalue weighted by atomic mass is 10.1. The van der Waals surface area contributed by atoms with E-state index in [1.165, 1.54) is 0 Å². The molecule has 1 aromatic carbocycles. The first-order chi connectivity index (χ1) is 10.1. The van der Waals surface area contributed by atoms with Crippen LogP contribution in [0.4, 0.5) is 0 Å². The van der Waals surface area contributed by atoms with Gasteiger partial charge in [0.25, 0.3) is 0 Å². The van der Waals surface area contributed by atoms with Crippen molar-refractivity contribution in [2.45, 2.75) is 11.3 Å². The van der Waals surface area contributed by atoms with Gasteiger partial charge < -0.3 is 14.8 Å². The number of benzene rings is 1. The topological polar surface area (TPSA) is 67.9 Å². The Morgan fingerprint density at radius 3 is 2.81 bits per heavy atom. The van der Waals surface area contributed by atoms with Crippen molar-refractivity contribution < 1.29 is 17.9 Å². The molecule has 1 N–H and O–H groups in total. The lowest BCUT2D eigenvalue weighted by Crippen LogP contribution is -2.30. The highest BCUT2D eigenvalue weighted by molar-refractivity contribution is 7.89. The zero-order valence-corrected chi connectivity index (χ0v) is 12.9. The minimum absolute atomic E-state index is 0.275. The van der Waals surface area contributed by atoms with Gasteiger partial charge in [-0.25, -0.2) is 8.42 Å². The number of nitrogens with one attached hydrogen (secondary N) is 1. The molecule has 0 aliphatic carbocycles. The molecule has 2 aliphatic rings. The average Bonchev–Trinajstić information content (AvgIpc) is 2.96. The lowest BCUT2D eigenvalue weighted by molar-refractivity contribution is 0.171. The van der Waals surface area contributed by atoms with E-state index in [-0.39, 0.29) is 4.90 Å². The van der Waals surface area contributed by atoms with Gasteiger partial charge in [-0.2, -0.15) is 4.31 Å². The number of ether oxygens (including phenoxy) is 2. The van der Waals surface area contributed by atoms with E-state index in [1.807, 2.05) is 7.05 Å². The van der Waals surface area contributed by atoms with Gasteiger partial charge in [0.05, 0.1) is 4.90 Å².